The lowest BCUT2D eigenvalue weighted by molar-refractivity contribution is -0.374. The Hall–Kier alpha value is -0.440. The van der Waals surface area contributed by atoms with Crippen LogP contribution in [0.25, 0.3) is 0 Å². The van der Waals surface area contributed by atoms with Gasteiger partial charge in [0.15, 0.2) is 5.12 Å². The first-order valence-electron chi connectivity index (χ1n) is 6.28. The maximum atomic E-state index is 12.7. The van der Waals surface area contributed by atoms with E-state index in [2.05, 4.69) is 0 Å². The second-order valence-electron chi connectivity index (χ2n) is 5.08. The molecule has 0 saturated heterocycles. The van der Waals surface area contributed by atoms with Crippen molar-refractivity contribution in [2.24, 2.45) is 5.41 Å². The highest BCUT2D eigenvalue weighted by Gasteiger charge is 2.71. The number of carbonyl (C=O) groups excluding carboxylic acids is 1. The molecule has 0 amide bonds. The number of hydrogen-bond donors (Lipinski definition) is 1. The van der Waals surface area contributed by atoms with E-state index in [1.165, 1.54) is 6.92 Å². The van der Waals surface area contributed by atoms with Gasteiger partial charge in [0.05, 0.1) is 0 Å². The smallest absolute Gasteiger partial charge is 0.374 e. The molecule has 126 valence electrons. The van der Waals surface area contributed by atoms with Crippen LogP contribution in [0.15, 0.2) is 0 Å². The highest BCUT2D eigenvalue weighted by molar-refractivity contribution is 8.13. The van der Waals surface area contributed by atoms with Crippen LogP contribution in [0.3, 0.4) is 0 Å². The van der Waals surface area contributed by atoms with Gasteiger partial charge in [0.1, 0.15) is 0 Å². The van der Waals surface area contributed by atoms with Gasteiger partial charge in [-0.3, -0.25) is 4.79 Å². The summed E-state index contributed by atoms with van der Waals surface area (Å²) in [5.74, 6) is 0.297. The summed E-state index contributed by atoms with van der Waals surface area (Å²) in [7, 11) is 0. The first-order valence-corrected chi connectivity index (χ1v) is 7.26. The Bertz CT molecular complexity index is 352. The molecule has 0 aromatic carbocycles. The zero-order chi connectivity index (χ0) is 17.1. The molecule has 0 rings (SSSR count). The maximum absolute atomic E-state index is 12.7. The summed E-state index contributed by atoms with van der Waals surface area (Å²) >= 11 is 0.685. The SMILES string of the molecule is CCCSC(=O)C(C)(CC)CC(O)(C(F)(F)F)C(F)(F)F. The predicted molar refractivity (Wildman–Crippen MR) is 67.8 cm³/mol. The van der Waals surface area contributed by atoms with Gasteiger partial charge < -0.3 is 5.11 Å². The fourth-order valence-electron chi connectivity index (χ4n) is 1.64. The maximum Gasteiger partial charge on any atom is 0.426 e. The molecule has 0 aromatic heterocycles. The van der Waals surface area contributed by atoms with Crippen molar-refractivity contribution in [1.29, 1.82) is 0 Å². The molecule has 2 nitrogen and oxygen atoms in total. The topological polar surface area (TPSA) is 37.3 Å². The van der Waals surface area contributed by atoms with Gasteiger partial charge in [-0.2, -0.15) is 26.3 Å². The molecule has 0 radical (unpaired) electrons. The molecule has 0 fully saturated rings. The summed E-state index contributed by atoms with van der Waals surface area (Å²) in [5, 5.41) is 8.43. The minimum Gasteiger partial charge on any atom is -0.374 e. The number of aliphatic hydroxyl groups is 1. The lowest BCUT2D eigenvalue weighted by Crippen LogP contribution is -2.59. The summed E-state index contributed by atoms with van der Waals surface area (Å²) < 4.78 is 76.2. The molecule has 0 saturated carbocycles. The molecule has 1 N–H and O–H groups in total. The number of halogens is 6. The standard InChI is InChI=1S/C12H18F6O2S/c1-4-6-21-8(19)9(3,5-2)7-10(20,11(13,14)15)12(16,17)18/h20H,4-7H2,1-3H3. The molecule has 0 spiro atoms. The van der Waals surface area contributed by atoms with E-state index < -0.39 is 34.9 Å². The monoisotopic (exact) mass is 340 g/mol. The molecule has 0 aliphatic carbocycles. The Labute approximate surface area is 123 Å². The van der Waals surface area contributed by atoms with Crippen molar-refractivity contribution in [1.82, 2.24) is 0 Å². The third kappa shape index (κ3) is 4.51. The second kappa shape index (κ2) is 6.76. The third-order valence-corrected chi connectivity index (χ3v) is 4.66. The van der Waals surface area contributed by atoms with Crippen LogP contribution < -0.4 is 0 Å². The summed E-state index contributed by atoms with van der Waals surface area (Å²) in [6.45, 7) is 4.06. The van der Waals surface area contributed by atoms with E-state index in [-0.39, 0.29) is 6.42 Å². The van der Waals surface area contributed by atoms with Crippen molar-refractivity contribution >= 4 is 16.9 Å². The molecular formula is C12H18F6O2S. The van der Waals surface area contributed by atoms with Gasteiger partial charge in [0.25, 0.3) is 5.60 Å². The van der Waals surface area contributed by atoms with E-state index >= 15 is 0 Å². The highest BCUT2D eigenvalue weighted by Crippen LogP contribution is 2.50. The molecule has 1 unspecified atom stereocenters. The molecule has 0 aromatic rings. The van der Waals surface area contributed by atoms with Gasteiger partial charge in [-0.15, -0.1) is 0 Å². The van der Waals surface area contributed by atoms with Gasteiger partial charge >= 0.3 is 12.4 Å². The molecule has 0 heterocycles. The molecule has 0 aliphatic heterocycles. The minimum atomic E-state index is -5.91. The lowest BCUT2D eigenvalue weighted by atomic mass is 9.77. The Balaban J connectivity index is 5.54. The third-order valence-electron chi connectivity index (χ3n) is 3.29. The summed E-state index contributed by atoms with van der Waals surface area (Å²) in [6, 6.07) is 0. The zero-order valence-corrected chi connectivity index (χ0v) is 12.7. The van der Waals surface area contributed by atoms with Gasteiger partial charge in [-0.25, -0.2) is 0 Å². The van der Waals surface area contributed by atoms with E-state index in [9.17, 15) is 36.2 Å². The van der Waals surface area contributed by atoms with Crippen LogP contribution in [0.2, 0.25) is 0 Å². The molecule has 9 heteroatoms. The first kappa shape index (κ1) is 20.6. The Kier molecular flexibility index (Phi) is 6.62. The van der Waals surface area contributed by atoms with Crippen LogP contribution in [0, 0.1) is 5.41 Å². The minimum absolute atomic E-state index is 0.239. The van der Waals surface area contributed by atoms with E-state index in [1.54, 1.807) is 6.92 Å². The van der Waals surface area contributed by atoms with Gasteiger partial charge in [-0.1, -0.05) is 32.5 Å². The molecule has 0 bridgehead atoms. The van der Waals surface area contributed by atoms with Gasteiger partial charge in [0.2, 0.25) is 0 Å². The predicted octanol–water partition coefficient (Wildman–Crippen LogP) is 4.32. The average Bonchev–Trinajstić information content (AvgIpc) is 2.32. The Morgan fingerprint density at radius 1 is 1.05 bits per heavy atom. The fraction of sp³-hybridized carbons (Fsp3) is 0.917. The number of carbonyl (C=O) groups is 1. The van der Waals surface area contributed by atoms with Crippen molar-refractivity contribution in [3.8, 4) is 0 Å². The normalized spacial score (nSPS) is 16.7. The number of hydrogen-bond acceptors (Lipinski definition) is 3. The molecule has 1 atom stereocenters. The van der Waals surface area contributed by atoms with Crippen LogP contribution in [0.4, 0.5) is 26.3 Å². The first-order chi connectivity index (χ1) is 9.25. The number of alkyl halides is 6. The molecule has 0 aliphatic rings. The van der Waals surface area contributed by atoms with Gasteiger partial charge in [0, 0.05) is 17.6 Å². The van der Waals surface area contributed by atoms with Crippen molar-refractivity contribution in [2.75, 3.05) is 5.75 Å². The van der Waals surface area contributed by atoms with Crippen molar-refractivity contribution in [3.05, 3.63) is 0 Å². The summed E-state index contributed by atoms with van der Waals surface area (Å²) in [6.07, 6.45) is -13.2. The van der Waals surface area contributed by atoms with Crippen LogP contribution in [0.5, 0.6) is 0 Å². The Morgan fingerprint density at radius 3 is 1.76 bits per heavy atom. The molecule has 21 heavy (non-hydrogen) atoms. The summed E-state index contributed by atoms with van der Waals surface area (Å²) in [5.41, 5.74) is -6.81. The van der Waals surface area contributed by atoms with E-state index in [1.807, 2.05) is 0 Å². The highest BCUT2D eigenvalue weighted by atomic mass is 32.2. The van der Waals surface area contributed by atoms with E-state index in [0.717, 1.165) is 6.92 Å². The zero-order valence-electron chi connectivity index (χ0n) is 11.9. The lowest BCUT2D eigenvalue weighted by Gasteiger charge is -2.38. The van der Waals surface area contributed by atoms with Crippen molar-refractivity contribution < 1.29 is 36.2 Å². The van der Waals surface area contributed by atoms with Crippen LogP contribution in [-0.2, 0) is 4.79 Å². The van der Waals surface area contributed by atoms with Crippen molar-refractivity contribution in [3.63, 3.8) is 0 Å². The van der Waals surface area contributed by atoms with Gasteiger partial charge in [-0.05, 0) is 12.8 Å². The van der Waals surface area contributed by atoms with E-state index in [4.69, 9.17) is 0 Å². The number of rotatable bonds is 6. The van der Waals surface area contributed by atoms with Crippen molar-refractivity contribution in [2.45, 2.75) is 58.0 Å². The van der Waals surface area contributed by atoms with Crippen LogP contribution in [-0.4, -0.2) is 33.9 Å². The average molecular weight is 340 g/mol. The summed E-state index contributed by atoms with van der Waals surface area (Å²) in [4.78, 5) is 11.9. The van der Waals surface area contributed by atoms with Crippen LogP contribution in [0.1, 0.15) is 40.0 Å². The fourth-order valence-corrected chi connectivity index (χ4v) is 2.59. The quantitative estimate of drug-likeness (QED) is 0.732. The Morgan fingerprint density at radius 2 is 1.48 bits per heavy atom. The largest absolute Gasteiger partial charge is 0.426 e. The second-order valence-corrected chi connectivity index (χ2v) is 6.15. The van der Waals surface area contributed by atoms with E-state index in [0.29, 0.717) is 23.9 Å². The molecular weight excluding hydrogens is 322 g/mol. The van der Waals surface area contributed by atoms with Crippen LogP contribution >= 0.6 is 11.8 Å². The number of thioether (sulfide) groups is 1.